The molecule has 0 heterocycles. The summed E-state index contributed by atoms with van der Waals surface area (Å²) >= 11 is 0. The van der Waals surface area contributed by atoms with Crippen molar-refractivity contribution in [3.8, 4) is 0 Å². The van der Waals surface area contributed by atoms with Crippen LogP contribution in [-0.4, -0.2) is 24.4 Å². The Morgan fingerprint density at radius 2 is 1.05 bits per heavy atom. The van der Waals surface area contributed by atoms with Crippen LogP contribution in [0.4, 0.5) is 0 Å². The Labute approximate surface area is 140 Å². The summed E-state index contributed by atoms with van der Waals surface area (Å²) in [4.78, 5) is 0. The molecular formula is C20H42O2. The summed E-state index contributed by atoms with van der Waals surface area (Å²) in [6, 6.07) is 0. The summed E-state index contributed by atoms with van der Waals surface area (Å²) in [5.41, 5.74) is 0. The smallest absolute Gasteiger partial charge is 0.0773 e. The van der Waals surface area contributed by atoms with E-state index in [2.05, 4.69) is 6.92 Å². The lowest BCUT2D eigenvalue weighted by molar-refractivity contribution is 0.0368. The van der Waals surface area contributed by atoms with E-state index in [4.69, 9.17) is 4.74 Å². The third-order valence-corrected chi connectivity index (χ3v) is 4.41. The first-order chi connectivity index (χ1) is 10.8. The van der Waals surface area contributed by atoms with Gasteiger partial charge in [0, 0.05) is 6.61 Å². The Morgan fingerprint density at radius 3 is 1.45 bits per heavy atom. The molecule has 0 saturated heterocycles. The molecule has 0 spiro atoms. The zero-order valence-corrected chi connectivity index (χ0v) is 15.5. The largest absolute Gasteiger partial charge is 0.391 e. The van der Waals surface area contributed by atoms with Crippen LogP contribution >= 0.6 is 0 Å². The maximum atomic E-state index is 9.65. The fourth-order valence-electron chi connectivity index (χ4n) is 2.91. The number of aliphatic hydroxyl groups is 1. The average molecular weight is 315 g/mol. The molecule has 0 aromatic carbocycles. The zero-order valence-electron chi connectivity index (χ0n) is 15.5. The first kappa shape index (κ1) is 21.9. The van der Waals surface area contributed by atoms with Gasteiger partial charge in [-0.15, -0.1) is 0 Å². The number of ether oxygens (including phenoxy) is 1. The van der Waals surface area contributed by atoms with Crippen molar-refractivity contribution in [2.45, 2.75) is 116 Å². The van der Waals surface area contributed by atoms with E-state index in [1.807, 2.05) is 6.92 Å². The minimum Gasteiger partial charge on any atom is -0.391 e. The fourth-order valence-corrected chi connectivity index (χ4v) is 2.91. The highest BCUT2D eigenvalue weighted by molar-refractivity contribution is 4.55. The van der Waals surface area contributed by atoms with Gasteiger partial charge in [0.05, 0.1) is 12.7 Å². The number of aliphatic hydroxyl groups excluding tert-OH is 1. The van der Waals surface area contributed by atoms with Crippen LogP contribution < -0.4 is 0 Å². The van der Waals surface area contributed by atoms with Crippen LogP contribution in [0, 0.1) is 0 Å². The van der Waals surface area contributed by atoms with Crippen molar-refractivity contribution >= 4 is 0 Å². The van der Waals surface area contributed by atoms with Gasteiger partial charge < -0.3 is 9.84 Å². The molecule has 0 aliphatic heterocycles. The summed E-state index contributed by atoms with van der Waals surface area (Å²) in [6.45, 7) is 5.47. The molecular weight excluding hydrogens is 272 g/mol. The highest BCUT2D eigenvalue weighted by Gasteiger charge is 2.02. The van der Waals surface area contributed by atoms with Crippen molar-refractivity contribution in [3.63, 3.8) is 0 Å². The van der Waals surface area contributed by atoms with Gasteiger partial charge in [0.2, 0.25) is 0 Å². The highest BCUT2D eigenvalue weighted by atomic mass is 16.5. The average Bonchev–Trinajstić information content (AvgIpc) is 2.53. The fraction of sp³-hybridized carbons (Fsp3) is 1.00. The van der Waals surface area contributed by atoms with Crippen LogP contribution in [0.2, 0.25) is 0 Å². The lowest BCUT2D eigenvalue weighted by Crippen LogP contribution is -2.14. The second-order valence-electron chi connectivity index (χ2n) is 6.70. The van der Waals surface area contributed by atoms with Crippen LogP contribution in [0.1, 0.15) is 110 Å². The minimum absolute atomic E-state index is 0.253. The molecule has 0 fully saturated rings. The van der Waals surface area contributed by atoms with E-state index in [0.717, 1.165) is 12.8 Å². The van der Waals surface area contributed by atoms with E-state index in [0.29, 0.717) is 13.2 Å². The first-order valence-corrected chi connectivity index (χ1v) is 10.1. The monoisotopic (exact) mass is 314 g/mol. The Bertz CT molecular complexity index is 194. The second kappa shape index (κ2) is 19.0. The number of hydrogen-bond acceptors (Lipinski definition) is 2. The van der Waals surface area contributed by atoms with E-state index < -0.39 is 0 Å². The molecule has 134 valence electrons. The highest BCUT2D eigenvalue weighted by Crippen LogP contribution is 2.13. The van der Waals surface area contributed by atoms with E-state index in [1.165, 1.54) is 83.5 Å². The normalized spacial score (nSPS) is 12.7. The van der Waals surface area contributed by atoms with Crippen molar-refractivity contribution in [1.29, 1.82) is 0 Å². The standard InChI is InChI=1S/C20H42O2/c1-3-5-6-7-8-9-10-11-12-13-14-15-16-17-18-20(21)19-22-4-2/h20-21H,3-19H2,1-2H3. The summed E-state index contributed by atoms with van der Waals surface area (Å²) in [6.07, 6.45) is 20.0. The van der Waals surface area contributed by atoms with Crippen LogP contribution in [-0.2, 0) is 4.74 Å². The van der Waals surface area contributed by atoms with Gasteiger partial charge in [-0.1, -0.05) is 96.8 Å². The molecule has 1 unspecified atom stereocenters. The molecule has 2 heteroatoms. The number of unbranched alkanes of at least 4 members (excludes halogenated alkanes) is 13. The SMILES string of the molecule is CCCCCCCCCCCCCCCCC(O)COCC. The van der Waals surface area contributed by atoms with Crippen molar-refractivity contribution in [2.75, 3.05) is 13.2 Å². The molecule has 0 aliphatic carbocycles. The quantitative estimate of drug-likeness (QED) is 0.303. The first-order valence-electron chi connectivity index (χ1n) is 10.1. The summed E-state index contributed by atoms with van der Waals surface area (Å²) in [7, 11) is 0. The zero-order chi connectivity index (χ0) is 16.3. The molecule has 0 rings (SSSR count). The third kappa shape index (κ3) is 18.0. The topological polar surface area (TPSA) is 29.5 Å². The number of hydrogen-bond donors (Lipinski definition) is 1. The number of rotatable bonds is 18. The maximum Gasteiger partial charge on any atom is 0.0773 e. The Hall–Kier alpha value is -0.0800. The lowest BCUT2D eigenvalue weighted by Gasteiger charge is -2.09. The van der Waals surface area contributed by atoms with Crippen LogP contribution in [0.5, 0.6) is 0 Å². The molecule has 0 radical (unpaired) electrons. The Kier molecular flexibility index (Phi) is 18.9. The Morgan fingerprint density at radius 1 is 0.636 bits per heavy atom. The summed E-state index contributed by atoms with van der Waals surface area (Å²) < 4.78 is 5.21. The van der Waals surface area contributed by atoms with Crippen LogP contribution in [0.3, 0.4) is 0 Å². The third-order valence-electron chi connectivity index (χ3n) is 4.41. The molecule has 0 aliphatic rings. The van der Waals surface area contributed by atoms with E-state index >= 15 is 0 Å². The van der Waals surface area contributed by atoms with Crippen LogP contribution in [0.25, 0.3) is 0 Å². The van der Waals surface area contributed by atoms with Crippen molar-refractivity contribution in [3.05, 3.63) is 0 Å². The predicted octanol–water partition coefficient (Wildman–Crippen LogP) is 6.26. The van der Waals surface area contributed by atoms with Gasteiger partial charge in [0.15, 0.2) is 0 Å². The maximum absolute atomic E-state index is 9.65. The Balaban J connectivity index is 3.02. The van der Waals surface area contributed by atoms with E-state index in [-0.39, 0.29) is 6.10 Å². The van der Waals surface area contributed by atoms with E-state index in [1.54, 1.807) is 0 Å². The molecule has 1 atom stereocenters. The minimum atomic E-state index is -0.253. The molecule has 0 bridgehead atoms. The van der Waals surface area contributed by atoms with Gasteiger partial charge >= 0.3 is 0 Å². The van der Waals surface area contributed by atoms with Gasteiger partial charge in [-0.05, 0) is 13.3 Å². The molecule has 0 aromatic heterocycles. The summed E-state index contributed by atoms with van der Waals surface area (Å²) in [5.74, 6) is 0. The molecule has 0 saturated carbocycles. The van der Waals surface area contributed by atoms with E-state index in [9.17, 15) is 5.11 Å². The predicted molar refractivity (Wildman–Crippen MR) is 97.4 cm³/mol. The van der Waals surface area contributed by atoms with Crippen molar-refractivity contribution in [1.82, 2.24) is 0 Å². The molecule has 2 nitrogen and oxygen atoms in total. The molecule has 1 N–H and O–H groups in total. The van der Waals surface area contributed by atoms with Gasteiger partial charge in [-0.2, -0.15) is 0 Å². The van der Waals surface area contributed by atoms with Gasteiger partial charge in [-0.3, -0.25) is 0 Å². The van der Waals surface area contributed by atoms with Gasteiger partial charge in [0.25, 0.3) is 0 Å². The molecule has 22 heavy (non-hydrogen) atoms. The van der Waals surface area contributed by atoms with Crippen LogP contribution in [0.15, 0.2) is 0 Å². The summed E-state index contributed by atoms with van der Waals surface area (Å²) in [5, 5.41) is 9.65. The van der Waals surface area contributed by atoms with Crippen molar-refractivity contribution < 1.29 is 9.84 Å². The molecule has 0 amide bonds. The lowest BCUT2D eigenvalue weighted by atomic mass is 10.0. The van der Waals surface area contributed by atoms with Gasteiger partial charge in [-0.25, -0.2) is 0 Å². The molecule has 0 aromatic rings. The van der Waals surface area contributed by atoms with Crippen molar-refractivity contribution in [2.24, 2.45) is 0 Å². The van der Waals surface area contributed by atoms with Gasteiger partial charge in [0.1, 0.15) is 0 Å². The second-order valence-corrected chi connectivity index (χ2v) is 6.70.